The second-order valence-corrected chi connectivity index (χ2v) is 13.1. The lowest BCUT2D eigenvalue weighted by Crippen LogP contribution is -2.56. The molecule has 6 rings (SSSR count). The Morgan fingerprint density at radius 3 is 2.24 bits per heavy atom. The van der Waals surface area contributed by atoms with Crippen molar-refractivity contribution in [2.45, 2.75) is 71.1 Å². The van der Waals surface area contributed by atoms with Crippen LogP contribution in [0.5, 0.6) is 0 Å². The van der Waals surface area contributed by atoms with Crippen LogP contribution >= 0.6 is 0 Å². The molecule has 4 bridgehead atoms. The standard InChI is InChI=1S/C26H34N2O4S/c1-16-4-6-22(7-5-16)25-28-23(17(2)32-25)14-33(30,31)15-24(29)27-18(3)26-11-19-8-20(12-26)10-21(9-19)13-26/h4-7,18-21H,8-15H2,1-3H3,(H,27,29)/t18-,19?,20?,21?,26?/m1/s1. The molecule has 0 unspecified atom stereocenters. The first-order chi connectivity index (χ1) is 15.6. The number of benzene rings is 1. The van der Waals surface area contributed by atoms with Crippen LogP contribution in [0.15, 0.2) is 28.7 Å². The molecule has 0 saturated heterocycles. The van der Waals surface area contributed by atoms with Gasteiger partial charge in [-0.1, -0.05) is 17.7 Å². The van der Waals surface area contributed by atoms with Crippen molar-refractivity contribution in [2.24, 2.45) is 23.2 Å². The van der Waals surface area contributed by atoms with Crippen molar-refractivity contribution < 1.29 is 17.6 Å². The number of carbonyl (C=O) groups is 1. The summed E-state index contributed by atoms with van der Waals surface area (Å²) >= 11 is 0. The van der Waals surface area contributed by atoms with Crippen molar-refractivity contribution in [2.75, 3.05) is 5.75 Å². The Kier molecular flexibility index (Phi) is 5.66. The first-order valence-corrected chi connectivity index (χ1v) is 14.0. The number of hydrogen-bond acceptors (Lipinski definition) is 5. The monoisotopic (exact) mass is 470 g/mol. The van der Waals surface area contributed by atoms with Crippen molar-refractivity contribution in [3.05, 3.63) is 41.3 Å². The van der Waals surface area contributed by atoms with Gasteiger partial charge < -0.3 is 9.73 Å². The molecule has 1 N–H and O–H groups in total. The lowest BCUT2D eigenvalue weighted by Gasteiger charge is -2.59. The van der Waals surface area contributed by atoms with Crippen LogP contribution in [-0.4, -0.2) is 31.1 Å². The third-order valence-corrected chi connectivity index (χ3v) is 9.70. The summed E-state index contributed by atoms with van der Waals surface area (Å²) in [5, 5.41) is 3.07. The fourth-order valence-electron chi connectivity index (χ4n) is 6.98. The van der Waals surface area contributed by atoms with E-state index in [9.17, 15) is 13.2 Å². The van der Waals surface area contributed by atoms with Crippen LogP contribution in [0.2, 0.25) is 0 Å². The van der Waals surface area contributed by atoms with E-state index in [4.69, 9.17) is 4.42 Å². The van der Waals surface area contributed by atoms with Crippen LogP contribution in [0.1, 0.15) is 62.5 Å². The number of hydrogen-bond donors (Lipinski definition) is 1. The minimum Gasteiger partial charge on any atom is -0.441 e. The molecule has 2 aromatic rings. The third-order valence-electron chi connectivity index (χ3n) is 8.28. The van der Waals surface area contributed by atoms with E-state index in [1.54, 1.807) is 6.92 Å². The number of carbonyl (C=O) groups excluding carboxylic acids is 1. The van der Waals surface area contributed by atoms with Gasteiger partial charge in [0.2, 0.25) is 11.8 Å². The minimum atomic E-state index is -3.67. The van der Waals surface area contributed by atoms with E-state index in [1.807, 2.05) is 31.2 Å². The number of sulfone groups is 1. The summed E-state index contributed by atoms with van der Waals surface area (Å²) in [6, 6.07) is 7.73. The molecule has 1 aromatic heterocycles. The normalized spacial score (nSPS) is 29.2. The van der Waals surface area contributed by atoms with Gasteiger partial charge in [-0.15, -0.1) is 0 Å². The van der Waals surface area contributed by atoms with E-state index in [2.05, 4.69) is 17.2 Å². The number of aromatic nitrogens is 1. The molecular weight excluding hydrogens is 436 g/mol. The van der Waals surface area contributed by atoms with Crippen molar-refractivity contribution in [3.63, 3.8) is 0 Å². The van der Waals surface area contributed by atoms with Gasteiger partial charge in [0, 0.05) is 11.6 Å². The fraction of sp³-hybridized carbons (Fsp3) is 0.615. The van der Waals surface area contributed by atoms with Gasteiger partial charge in [-0.3, -0.25) is 4.79 Å². The zero-order valence-electron chi connectivity index (χ0n) is 19.8. The Morgan fingerprint density at radius 2 is 1.67 bits per heavy atom. The predicted molar refractivity (Wildman–Crippen MR) is 127 cm³/mol. The van der Waals surface area contributed by atoms with Crippen molar-refractivity contribution in [1.29, 1.82) is 0 Å². The van der Waals surface area contributed by atoms with Crippen molar-refractivity contribution in [3.8, 4) is 11.5 Å². The van der Waals surface area contributed by atoms with E-state index >= 15 is 0 Å². The first-order valence-electron chi connectivity index (χ1n) is 12.1. The second-order valence-electron chi connectivity index (χ2n) is 11.0. The maximum Gasteiger partial charge on any atom is 0.235 e. The molecule has 178 valence electrons. The highest BCUT2D eigenvalue weighted by atomic mass is 32.2. The summed E-state index contributed by atoms with van der Waals surface area (Å²) in [7, 11) is -3.67. The maximum absolute atomic E-state index is 12.8. The molecule has 33 heavy (non-hydrogen) atoms. The Morgan fingerprint density at radius 1 is 1.09 bits per heavy atom. The zero-order valence-corrected chi connectivity index (χ0v) is 20.6. The van der Waals surface area contributed by atoms with E-state index < -0.39 is 21.5 Å². The fourth-order valence-corrected chi connectivity index (χ4v) is 8.25. The Hall–Kier alpha value is -2.15. The molecule has 4 aliphatic carbocycles. The molecule has 1 atom stereocenters. The average Bonchev–Trinajstić information content (AvgIpc) is 3.06. The molecule has 4 fully saturated rings. The second kappa shape index (κ2) is 8.26. The summed E-state index contributed by atoms with van der Waals surface area (Å²) in [4.78, 5) is 17.2. The summed E-state index contributed by atoms with van der Waals surface area (Å²) in [5.74, 6) is 2.02. The highest BCUT2D eigenvalue weighted by molar-refractivity contribution is 7.91. The van der Waals surface area contributed by atoms with Gasteiger partial charge in [-0.2, -0.15) is 0 Å². The Balaban J connectivity index is 1.22. The van der Waals surface area contributed by atoms with E-state index in [1.165, 1.54) is 38.5 Å². The molecule has 6 nitrogen and oxygen atoms in total. The first kappa shape index (κ1) is 22.6. The van der Waals surface area contributed by atoms with Crippen LogP contribution in [0.3, 0.4) is 0 Å². The topological polar surface area (TPSA) is 89.3 Å². The quantitative estimate of drug-likeness (QED) is 0.639. The lowest BCUT2D eigenvalue weighted by atomic mass is 9.48. The van der Waals surface area contributed by atoms with Gasteiger partial charge in [0.1, 0.15) is 11.5 Å². The van der Waals surface area contributed by atoms with Crippen LogP contribution in [0, 0.1) is 37.0 Å². The molecule has 4 aliphatic rings. The smallest absolute Gasteiger partial charge is 0.235 e. The van der Waals surface area contributed by atoms with E-state index in [-0.39, 0.29) is 17.2 Å². The molecule has 1 heterocycles. The van der Waals surface area contributed by atoms with Gasteiger partial charge in [-0.25, -0.2) is 13.4 Å². The van der Waals surface area contributed by atoms with Crippen LogP contribution in [0.25, 0.3) is 11.5 Å². The summed E-state index contributed by atoms with van der Waals surface area (Å²) in [6.07, 6.45) is 7.55. The maximum atomic E-state index is 12.8. The summed E-state index contributed by atoms with van der Waals surface area (Å²) < 4.78 is 31.4. The van der Waals surface area contributed by atoms with Gasteiger partial charge in [0.15, 0.2) is 9.84 Å². The molecule has 0 aliphatic heterocycles. The van der Waals surface area contributed by atoms with Crippen molar-refractivity contribution in [1.82, 2.24) is 10.3 Å². The predicted octanol–water partition coefficient (Wildman–Crippen LogP) is 4.59. The summed E-state index contributed by atoms with van der Waals surface area (Å²) in [5.41, 5.74) is 2.44. The minimum absolute atomic E-state index is 0.00975. The average molecular weight is 471 g/mol. The van der Waals surface area contributed by atoms with Crippen LogP contribution < -0.4 is 5.32 Å². The number of oxazole rings is 1. The summed E-state index contributed by atoms with van der Waals surface area (Å²) in [6.45, 7) is 5.79. The number of amides is 1. The lowest BCUT2D eigenvalue weighted by molar-refractivity contribution is -0.123. The largest absolute Gasteiger partial charge is 0.441 e. The van der Waals surface area contributed by atoms with E-state index in [0.29, 0.717) is 17.3 Å². The van der Waals surface area contributed by atoms with Gasteiger partial charge in [0.05, 0.1) is 11.4 Å². The molecule has 0 radical (unpaired) electrons. The number of rotatable bonds is 7. The number of nitrogens with one attached hydrogen (secondary N) is 1. The Labute approximate surface area is 196 Å². The molecular formula is C26H34N2O4S. The zero-order chi connectivity index (χ0) is 23.4. The van der Waals surface area contributed by atoms with E-state index in [0.717, 1.165) is 28.9 Å². The van der Waals surface area contributed by atoms with Gasteiger partial charge in [-0.05, 0) is 94.6 Å². The van der Waals surface area contributed by atoms with Crippen LogP contribution in [0.4, 0.5) is 0 Å². The van der Waals surface area contributed by atoms with Crippen molar-refractivity contribution >= 4 is 15.7 Å². The highest BCUT2D eigenvalue weighted by Gasteiger charge is 2.53. The SMILES string of the molecule is Cc1ccc(-c2nc(CS(=O)(=O)CC(=O)N[C@H](C)C34CC5CC(CC(C5)C3)C4)c(C)o2)cc1. The van der Waals surface area contributed by atoms with Crippen LogP contribution in [-0.2, 0) is 20.4 Å². The number of nitrogens with zero attached hydrogens (tertiary/aromatic N) is 1. The van der Waals surface area contributed by atoms with Gasteiger partial charge in [0.25, 0.3) is 0 Å². The van der Waals surface area contributed by atoms with Gasteiger partial charge >= 0.3 is 0 Å². The molecule has 4 saturated carbocycles. The Bertz CT molecular complexity index is 1110. The molecule has 1 amide bonds. The molecule has 0 spiro atoms. The number of aryl methyl sites for hydroxylation is 2. The third kappa shape index (κ3) is 4.61. The highest BCUT2D eigenvalue weighted by Crippen LogP contribution is 2.61. The molecule has 7 heteroatoms. The molecule has 1 aromatic carbocycles.